The van der Waals surface area contributed by atoms with Crippen molar-refractivity contribution in [2.24, 2.45) is 27.5 Å². The number of hydrogen-bond donors (Lipinski definition) is 2. The summed E-state index contributed by atoms with van der Waals surface area (Å²) in [6.07, 6.45) is 8.12. The molecule has 0 unspecified atom stereocenters. The van der Waals surface area contributed by atoms with Crippen LogP contribution >= 0.6 is 0 Å². The molecule has 0 spiro atoms. The second-order valence-electron chi connectivity index (χ2n) is 8.68. The van der Waals surface area contributed by atoms with Crippen LogP contribution in [-0.2, 0) is 16.7 Å². The summed E-state index contributed by atoms with van der Waals surface area (Å²) in [5.74, 6) is 2.00. The third-order valence-electron chi connectivity index (χ3n) is 7.68. The zero-order valence-corrected chi connectivity index (χ0v) is 17.9. The molecule has 3 N–H and O–H groups in total. The van der Waals surface area contributed by atoms with Crippen molar-refractivity contribution < 1.29 is 22.5 Å². The smallest absolute Gasteiger partial charge is 0.380 e. The van der Waals surface area contributed by atoms with Crippen LogP contribution in [0, 0.1) is 17.3 Å². The van der Waals surface area contributed by atoms with Crippen molar-refractivity contribution in [3.63, 3.8) is 0 Å². The molecule has 0 heterocycles. The number of ether oxygens (including phenoxy) is 1. The second kappa shape index (κ2) is 7.47. The van der Waals surface area contributed by atoms with Crippen molar-refractivity contribution in [2.75, 3.05) is 7.11 Å². The van der Waals surface area contributed by atoms with Crippen molar-refractivity contribution in [1.82, 2.24) is 0 Å². The van der Waals surface area contributed by atoms with Crippen LogP contribution in [0.15, 0.2) is 17.3 Å². The van der Waals surface area contributed by atoms with E-state index in [2.05, 4.69) is 12.1 Å². The monoisotopic (exact) mass is 422 g/mol. The minimum absolute atomic E-state index is 0.0203. The summed E-state index contributed by atoms with van der Waals surface area (Å²) in [5, 5.41) is 18.5. The molecule has 2 fully saturated rings. The Bertz CT molecular complexity index is 929. The summed E-state index contributed by atoms with van der Waals surface area (Å²) < 4.78 is 33.2. The van der Waals surface area contributed by atoms with Crippen molar-refractivity contribution in [3.05, 3.63) is 23.3 Å². The Hall–Kier alpha value is -1.80. The largest absolute Gasteiger partial charge is 0.493 e. The Morgan fingerprint density at radius 3 is 2.69 bits per heavy atom. The molecule has 0 aromatic heterocycles. The number of aryl methyl sites for hydroxylation is 1. The maximum absolute atomic E-state index is 11.4. The lowest BCUT2D eigenvalue weighted by atomic mass is 9.49. The number of fused-ring (bicyclic) bond motifs is 5. The predicted molar refractivity (Wildman–Crippen MR) is 110 cm³/mol. The lowest BCUT2D eigenvalue weighted by molar-refractivity contribution is 0.0444. The molecular formula is C21H30N2O5S. The molecule has 1 aromatic carbocycles. The van der Waals surface area contributed by atoms with E-state index in [1.807, 2.05) is 6.07 Å². The van der Waals surface area contributed by atoms with Crippen molar-refractivity contribution in [2.45, 2.75) is 64.2 Å². The highest BCUT2D eigenvalue weighted by molar-refractivity contribution is 7.84. The first kappa shape index (κ1) is 20.5. The zero-order chi connectivity index (χ0) is 20.8. The van der Waals surface area contributed by atoms with E-state index in [1.54, 1.807) is 6.07 Å². The molecule has 2 saturated carbocycles. The van der Waals surface area contributed by atoms with Gasteiger partial charge in [-0.15, -0.1) is 0 Å². The zero-order valence-electron chi connectivity index (χ0n) is 17.1. The maximum Gasteiger partial charge on any atom is 0.380 e. The molecule has 0 radical (unpaired) electrons. The van der Waals surface area contributed by atoms with Crippen molar-refractivity contribution >= 4 is 16.0 Å². The molecule has 0 saturated heterocycles. The molecule has 0 amide bonds. The lowest BCUT2D eigenvalue weighted by Gasteiger charge is -2.55. The van der Waals surface area contributed by atoms with E-state index in [0.717, 1.165) is 56.2 Å². The highest BCUT2D eigenvalue weighted by atomic mass is 32.2. The average Bonchev–Trinajstić information content (AvgIpc) is 2.70. The van der Waals surface area contributed by atoms with Crippen LogP contribution < -0.4 is 14.1 Å². The molecule has 4 atom stereocenters. The summed E-state index contributed by atoms with van der Waals surface area (Å²) >= 11 is 0. The van der Waals surface area contributed by atoms with Gasteiger partial charge >= 0.3 is 10.3 Å². The van der Waals surface area contributed by atoms with Gasteiger partial charge in [0.2, 0.25) is 0 Å². The minimum Gasteiger partial charge on any atom is -0.493 e. The second-order valence-corrected chi connectivity index (χ2v) is 9.83. The first-order valence-corrected chi connectivity index (χ1v) is 11.9. The van der Waals surface area contributed by atoms with E-state index >= 15 is 0 Å². The molecular weight excluding hydrogens is 392 g/mol. The number of hydrogen-bond acceptors (Lipinski definition) is 6. The van der Waals surface area contributed by atoms with Crippen LogP contribution in [0.1, 0.15) is 68.9 Å². The van der Waals surface area contributed by atoms with E-state index in [1.165, 1.54) is 19.1 Å². The third-order valence-corrected chi connectivity index (χ3v) is 8.09. The highest BCUT2D eigenvalue weighted by Gasteiger charge is 2.53. The standard InChI is InChI=1S/C21H30N2O5S/c1-3-21-10-9-14-15(17(21)5-4-6-20(21)23-24)8-7-13-11-19(28-29(22,25)26)18(27-2)12-16(13)14/h11-12,14-15,17,24H,3-10H2,1-2H3,(H2,22,25,26)/b23-20+/t14-,15+,17-,21-/m0/s1. The van der Waals surface area contributed by atoms with Gasteiger partial charge in [0.05, 0.1) is 12.8 Å². The van der Waals surface area contributed by atoms with Gasteiger partial charge in [0.1, 0.15) is 0 Å². The normalized spacial score (nSPS) is 32.8. The average molecular weight is 423 g/mol. The fraction of sp³-hybridized carbons (Fsp3) is 0.667. The van der Waals surface area contributed by atoms with Gasteiger partial charge < -0.3 is 14.1 Å². The van der Waals surface area contributed by atoms with E-state index in [4.69, 9.17) is 14.1 Å². The summed E-state index contributed by atoms with van der Waals surface area (Å²) in [6, 6.07) is 3.72. The first-order chi connectivity index (χ1) is 13.8. The van der Waals surface area contributed by atoms with Gasteiger partial charge in [-0.3, -0.25) is 0 Å². The van der Waals surface area contributed by atoms with Crippen LogP contribution in [0.25, 0.3) is 0 Å². The Morgan fingerprint density at radius 1 is 1.24 bits per heavy atom. The van der Waals surface area contributed by atoms with Gasteiger partial charge in [0, 0.05) is 5.41 Å². The van der Waals surface area contributed by atoms with E-state index in [-0.39, 0.29) is 11.2 Å². The van der Waals surface area contributed by atoms with Gasteiger partial charge in [-0.25, -0.2) is 0 Å². The van der Waals surface area contributed by atoms with Gasteiger partial charge in [0.15, 0.2) is 11.5 Å². The van der Waals surface area contributed by atoms with E-state index in [9.17, 15) is 13.6 Å². The Kier molecular flexibility index (Phi) is 5.27. The molecule has 7 nitrogen and oxygen atoms in total. The minimum atomic E-state index is -4.11. The molecule has 4 rings (SSSR count). The number of benzene rings is 1. The molecule has 0 bridgehead atoms. The van der Waals surface area contributed by atoms with Crippen LogP contribution in [0.2, 0.25) is 0 Å². The molecule has 1 aromatic rings. The SMILES string of the molecule is CC[C@]12CC[C@@H]3c4cc(OC)c(OS(N)(=O)=O)cc4CC[C@H]3[C@@H]1CCC/C2=N\O. The number of methoxy groups -OCH3 is 1. The third kappa shape index (κ3) is 3.40. The van der Waals surface area contributed by atoms with Gasteiger partial charge in [-0.1, -0.05) is 12.1 Å². The van der Waals surface area contributed by atoms with Crippen molar-refractivity contribution in [3.8, 4) is 11.5 Å². The van der Waals surface area contributed by atoms with Gasteiger partial charge in [-0.2, -0.15) is 13.6 Å². The van der Waals surface area contributed by atoms with Crippen LogP contribution in [0.4, 0.5) is 0 Å². The van der Waals surface area contributed by atoms with E-state index < -0.39 is 10.3 Å². The summed E-state index contributed by atoms with van der Waals surface area (Å²) in [5.41, 5.74) is 3.36. The number of rotatable bonds is 4. The highest BCUT2D eigenvalue weighted by Crippen LogP contribution is 2.60. The Balaban J connectivity index is 1.72. The van der Waals surface area contributed by atoms with Gasteiger partial charge in [-0.05, 0) is 92.4 Å². The van der Waals surface area contributed by atoms with E-state index in [0.29, 0.717) is 23.5 Å². The fourth-order valence-electron chi connectivity index (χ4n) is 6.52. The summed E-state index contributed by atoms with van der Waals surface area (Å²) in [4.78, 5) is 0. The molecule has 160 valence electrons. The van der Waals surface area contributed by atoms with Gasteiger partial charge in [0.25, 0.3) is 0 Å². The Labute approximate surface area is 172 Å². The maximum atomic E-state index is 11.4. The van der Waals surface area contributed by atoms with Crippen LogP contribution in [0.3, 0.4) is 0 Å². The number of oxime groups is 1. The molecule has 8 heteroatoms. The van der Waals surface area contributed by atoms with Crippen LogP contribution in [0.5, 0.6) is 11.5 Å². The topological polar surface area (TPSA) is 111 Å². The quantitative estimate of drug-likeness (QED) is 0.567. The number of nitrogens with zero attached hydrogens (tertiary/aromatic N) is 1. The summed E-state index contributed by atoms with van der Waals surface area (Å²) in [6.45, 7) is 2.22. The fourth-order valence-corrected chi connectivity index (χ4v) is 6.90. The summed E-state index contributed by atoms with van der Waals surface area (Å²) in [7, 11) is -2.61. The number of nitrogens with two attached hydrogens (primary N) is 1. The molecule has 0 aliphatic heterocycles. The lowest BCUT2D eigenvalue weighted by Crippen LogP contribution is -2.50. The molecule has 3 aliphatic carbocycles. The molecule has 3 aliphatic rings. The first-order valence-electron chi connectivity index (χ1n) is 10.5. The predicted octanol–water partition coefficient (Wildman–Crippen LogP) is 3.74. The van der Waals surface area contributed by atoms with Crippen molar-refractivity contribution in [1.29, 1.82) is 0 Å². The molecule has 29 heavy (non-hydrogen) atoms. The van der Waals surface area contributed by atoms with Crippen LogP contribution in [-0.4, -0.2) is 26.4 Å². The Morgan fingerprint density at radius 2 is 2.03 bits per heavy atom.